The van der Waals surface area contributed by atoms with E-state index >= 15 is 0 Å². The molecule has 0 spiro atoms. The molecule has 0 aromatic heterocycles. The van der Waals surface area contributed by atoms with E-state index in [2.05, 4.69) is 23.8 Å². The summed E-state index contributed by atoms with van der Waals surface area (Å²) < 4.78 is 0. The first-order valence-electron chi connectivity index (χ1n) is 6.88. The molecule has 1 saturated heterocycles. The molecule has 1 rings (SSSR count). The molecule has 1 fully saturated rings. The van der Waals surface area contributed by atoms with Crippen molar-refractivity contribution in [3.63, 3.8) is 0 Å². The molecule has 2 nitrogen and oxygen atoms in total. The highest BCUT2D eigenvalue weighted by molar-refractivity contribution is 4.78. The minimum absolute atomic E-state index is 0.790. The topological polar surface area (TPSA) is 15.3 Å². The molecule has 0 amide bonds. The fourth-order valence-corrected chi connectivity index (χ4v) is 2.60. The molecule has 0 radical (unpaired) electrons. The summed E-state index contributed by atoms with van der Waals surface area (Å²) in [4.78, 5) is 2.69. The Hall–Kier alpha value is -0.340. The van der Waals surface area contributed by atoms with Crippen molar-refractivity contribution in [3.05, 3.63) is 12.7 Å². The Morgan fingerprint density at radius 2 is 2.19 bits per heavy atom. The Morgan fingerprint density at radius 1 is 1.31 bits per heavy atom. The van der Waals surface area contributed by atoms with Gasteiger partial charge in [0.1, 0.15) is 0 Å². The van der Waals surface area contributed by atoms with E-state index in [1.807, 2.05) is 6.08 Å². The number of likely N-dealkylation sites (tertiary alicyclic amines) is 1. The summed E-state index contributed by atoms with van der Waals surface area (Å²) in [5.74, 6) is 0. The second-order valence-corrected chi connectivity index (χ2v) is 4.88. The Morgan fingerprint density at radius 3 is 2.94 bits per heavy atom. The van der Waals surface area contributed by atoms with Crippen molar-refractivity contribution in [1.82, 2.24) is 10.2 Å². The number of allylic oxidation sites excluding steroid dienone is 1. The lowest BCUT2D eigenvalue weighted by Gasteiger charge is -2.35. The van der Waals surface area contributed by atoms with Crippen molar-refractivity contribution in [2.45, 2.75) is 51.0 Å². The zero-order chi connectivity index (χ0) is 11.6. The summed E-state index contributed by atoms with van der Waals surface area (Å²) >= 11 is 0. The summed E-state index contributed by atoms with van der Waals surface area (Å²) in [7, 11) is 2.07. The van der Waals surface area contributed by atoms with E-state index < -0.39 is 0 Å². The molecule has 0 aliphatic carbocycles. The number of rotatable bonds is 8. The summed E-state index contributed by atoms with van der Waals surface area (Å²) in [6.45, 7) is 7.53. The fraction of sp³-hybridized carbons (Fsp3) is 0.857. The molecule has 1 aliphatic rings. The number of likely N-dealkylation sites (N-methyl/N-ethyl adjacent to an activating group) is 1. The molecule has 0 saturated carbocycles. The van der Waals surface area contributed by atoms with Gasteiger partial charge in [-0.15, -0.1) is 6.58 Å². The number of hydrogen-bond donors (Lipinski definition) is 1. The molecule has 1 aliphatic heterocycles. The van der Waals surface area contributed by atoms with Crippen LogP contribution in [-0.4, -0.2) is 37.6 Å². The molecule has 94 valence electrons. The Labute approximate surface area is 101 Å². The molecule has 2 heteroatoms. The van der Waals surface area contributed by atoms with Crippen LogP contribution < -0.4 is 5.32 Å². The third-order valence-electron chi connectivity index (χ3n) is 3.54. The molecule has 1 unspecified atom stereocenters. The van der Waals surface area contributed by atoms with Gasteiger partial charge in [-0.25, -0.2) is 0 Å². The van der Waals surface area contributed by atoms with Gasteiger partial charge in [0.2, 0.25) is 0 Å². The van der Waals surface area contributed by atoms with Gasteiger partial charge in [-0.1, -0.05) is 18.9 Å². The summed E-state index contributed by atoms with van der Waals surface area (Å²) in [5, 5.41) is 3.32. The van der Waals surface area contributed by atoms with Crippen LogP contribution in [0.15, 0.2) is 12.7 Å². The second kappa shape index (κ2) is 8.77. The summed E-state index contributed by atoms with van der Waals surface area (Å²) in [6.07, 6.45) is 11.4. The van der Waals surface area contributed by atoms with Crippen molar-refractivity contribution in [2.75, 3.05) is 26.7 Å². The highest BCUT2D eigenvalue weighted by Crippen LogP contribution is 2.17. The first-order chi connectivity index (χ1) is 7.88. The maximum atomic E-state index is 3.77. The van der Waals surface area contributed by atoms with Gasteiger partial charge in [-0.05, 0) is 52.2 Å². The third-order valence-corrected chi connectivity index (χ3v) is 3.54. The van der Waals surface area contributed by atoms with Crippen LogP contribution in [0, 0.1) is 0 Å². The minimum Gasteiger partial charge on any atom is -0.318 e. The van der Waals surface area contributed by atoms with E-state index in [4.69, 9.17) is 0 Å². The largest absolute Gasteiger partial charge is 0.318 e. The van der Waals surface area contributed by atoms with Crippen LogP contribution in [0.1, 0.15) is 44.9 Å². The maximum Gasteiger partial charge on any atom is 0.0220 e. The van der Waals surface area contributed by atoms with E-state index in [1.54, 1.807) is 0 Å². The molecular weight excluding hydrogens is 196 g/mol. The first kappa shape index (κ1) is 13.7. The number of nitrogens with one attached hydrogen (secondary N) is 1. The van der Waals surface area contributed by atoms with Crippen LogP contribution in [0.5, 0.6) is 0 Å². The first-order valence-corrected chi connectivity index (χ1v) is 6.88. The lowest BCUT2D eigenvalue weighted by atomic mass is 10.0. The average Bonchev–Trinajstić information content (AvgIpc) is 2.31. The lowest BCUT2D eigenvalue weighted by molar-refractivity contribution is 0.144. The molecule has 16 heavy (non-hydrogen) atoms. The predicted octanol–water partition coefficient (Wildman–Crippen LogP) is 2.81. The van der Waals surface area contributed by atoms with Crippen molar-refractivity contribution < 1.29 is 0 Å². The zero-order valence-corrected chi connectivity index (χ0v) is 10.9. The fourth-order valence-electron chi connectivity index (χ4n) is 2.60. The number of unbranched alkanes of at least 4 members (excludes halogenated alkanes) is 3. The molecule has 1 N–H and O–H groups in total. The highest BCUT2D eigenvalue weighted by Gasteiger charge is 2.20. The summed E-state index contributed by atoms with van der Waals surface area (Å²) in [6, 6.07) is 0.790. The van der Waals surface area contributed by atoms with Gasteiger partial charge in [0.05, 0.1) is 0 Å². The van der Waals surface area contributed by atoms with Crippen LogP contribution in [0.2, 0.25) is 0 Å². The quantitative estimate of drug-likeness (QED) is 0.504. The van der Waals surface area contributed by atoms with Crippen molar-refractivity contribution >= 4 is 0 Å². The van der Waals surface area contributed by atoms with Crippen LogP contribution in [0.4, 0.5) is 0 Å². The van der Waals surface area contributed by atoms with Crippen molar-refractivity contribution in [3.8, 4) is 0 Å². The number of nitrogens with zero attached hydrogens (tertiary/aromatic N) is 1. The smallest absolute Gasteiger partial charge is 0.0220 e. The van der Waals surface area contributed by atoms with Gasteiger partial charge < -0.3 is 5.32 Å². The van der Waals surface area contributed by atoms with Crippen LogP contribution in [0.3, 0.4) is 0 Å². The Balaban J connectivity index is 2.13. The second-order valence-electron chi connectivity index (χ2n) is 4.88. The predicted molar refractivity (Wildman–Crippen MR) is 71.8 cm³/mol. The van der Waals surface area contributed by atoms with Gasteiger partial charge in [0.15, 0.2) is 0 Å². The molecule has 0 aromatic rings. The normalized spacial score (nSPS) is 22.2. The van der Waals surface area contributed by atoms with Crippen LogP contribution >= 0.6 is 0 Å². The van der Waals surface area contributed by atoms with E-state index in [9.17, 15) is 0 Å². The summed E-state index contributed by atoms with van der Waals surface area (Å²) in [5.41, 5.74) is 0. The average molecular weight is 224 g/mol. The van der Waals surface area contributed by atoms with E-state index in [1.165, 1.54) is 58.0 Å². The lowest BCUT2D eigenvalue weighted by Crippen LogP contribution is -2.45. The zero-order valence-electron chi connectivity index (χ0n) is 10.9. The molecule has 0 bridgehead atoms. The van der Waals surface area contributed by atoms with E-state index in [-0.39, 0.29) is 0 Å². The van der Waals surface area contributed by atoms with Gasteiger partial charge in [0.25, 0.3) is 0 Å². The number of hydrogen-bond acceptors (Lipinski definition) is 2. The van der Waals surface area contributed by atoms with Crippen LogP contribution in [-0.2, 0) is 0 Å². The minimum atomic E-state index is 0.790. The molecule has 1 atom stereocenters. The standard InChI is InChI=1S/C14H28N2/c1-3-4-5-6-8-11-16-12-9-7-10-14(16)13-15-2/h3,14-15H,1,4-13H2,2H3. The van der Waals surface area contributed by atoms with Crippen molar-refractivity contribution in [1.29, 1.82) is 0 Å². The Bertz CT molecular complexity index is 178. The third kappa shape index (κ3) is 5.13. The highest BCUT2D eigenvalue weighted by atomic mass is 15.2. The van der Waals surface area contributed by atoms with Gasteiger partial charge in [-0.2, -0.15) is 0 Å². The maximum absolute atomic E-state index is 3.77. The van der Waals surface area contributed by atoms with E-state index in [0.717, 1.165) is 12.6 Å². The molecule has 1 heterocycles. The molecular formula is C14H28N2. The monoisotopic (exact) mass is 224 g/mol. The van der Waals surface area contributed by atoms with Gasteiger partial charge >= 0.3 is 0 Å². The van der Waals surface area contributed by atoms with E-state index in [0.29, 0.717) is 0 Å². The van der Waals surface area contributed by atoms with Crippen LogP contribution in [0.25, 0.3) is 0 Å². The van der Waals surface area contributed by atoms with Gasteiger partial charge in [0, 0.05) is 12.6 Å². The SMILES string of the molecule is C=CCCCCCN1CCCCC1CNC. The van der Waals surface area contributed by atoms with Crippen molar-refractivity contribution in [2.24, 2.45) is 0 Å². The molecule has 0 aromatic carbocycles. The van der Waals surface area contributed by atoms with Gasteiger partial charge in [-0.3, -0.25) is 4.90 Å². The Kier molecular flexibility index (Phi) is 7.52. The number of piperidine rings is 1.